The monoisotopic (exact) mass is 236 g/mol. The van der Waals surface area contributed by atoms with Crippen LogP contribution in [0.3, 0.4) is 0 Å². The van der Waals surface area contributed by atoms with Crippen molar-refractivity contribution in [2.45, 2.75) is 34.8 Å². The fourth-order valence-electron chi connectivity index (χ4n) is 3.45. The third-order valence-electron chi connectivity index (χ3n) is 4.59. The summed E-state index contributed by atoms with van der Waals surface area (Å²) in [5.74, 6) is 0. The predicted octanol–water partition coefficient (Wildman–Crippen LogP) is 4.29. The number of rotatable bonds is 2. The second kappa shape index (κ2) is 2.41. The van der Waals surface area contributed by atoms with Crippen molar-refractivity contribution in [3.63, 3.8) is 0 Å². The molecule has 0 unspecified atom stereocenters. The minimum Gasteiger partial charge on any atom is -0.106 e. The number of alkyl halides is 1. The number of fused-ring (bicyclic) bond motifs is 1. The van der Waals surface area contributed by atoms with Crippen LogP contribution in [0.1, 0.15) is 25.7 Å². The van der Waals surface area contributed by atoms with Gasteiger partial charge in [-0.15, -0.1) is 23.4 Å². The van der Waals surface area contributed by atoms with Gasteiger partial charge >= 0.3 is 0 Å². The SMILES string of the molecule is ClC1(Sc2ccccc2)C2(CC2)C12CC2. The summed E-state index contributed by atoms with van der Waals surface area (Å²) in [5, 5.41) is 0. The first kappa shape index (κ1) is 8.95. The van der Waals surface area contributed by atoms with Crippen LogP contribution >= 0.6 is 23.4 Å². The van der Waals surface area contributed by atoms with Gasteiger partial charge in [0.15, 0.2) is 0 Å². The van der Waals surface area contributed by atoms with Crippen LogP contribution in [-0.4, -0.2) is 4.21 Å². The van der Waals surface area contributed by atoms with Crippen LogP contribution in [0.2, 0.25) is 0 Å². The van der Waals surface area contributed by atoms with E-state index in [9.17, 15) is 0 Å². The van der Waals surface area contributed by atoms with E-state index in [1.165, 1.54) is 30.6 Å². The van der Waals surface area contributed by atoms with Crippen LogP contribution in [0.25, 0.3) is 0 Å². The highest BCUT2D eigenvalue weighted by molar-refractivity contribution is 8.02. The number of halogens is 1. The molecule has 2 spiro atoms. The Labute approximate surface area is 99.4 Å². The minimum absolute atomic E-state index is 0.0569. The van der Waals surface area contributed by atoms with Crippen molar-refractivity contribution in [2.75, 3.05) is 0 Å². The molecule has 0 nitrogen and oxygen atoms in total. The van der Waals surface area contributed by atoms with E-state index in [1.807, 2.05) is 11.8 Å². The third-order valence-corrected chi connectivity index (χ3v) is 7.11. The highest BCUT2D eigenvalue weighted by Gasteiger charge is 2.95. The van der Waals surface area contributed by atoms with Crippen LogP contribution in [0, 0.1) is 10.8 Å². The average Bonchev–Trinajstić information content (AvgIpc) is 3.12. The van der Waals surface area contributed by atoms with E-state index < -0.39 is 0 Å². The van der Waals surface area contributed by atoms with Crippen molar-refractivity contribution in [3.05, 3.63) is 30.3 Å². The maximum Gasteiger partial charge on any atom is 0.107 e. The van der Waals surface area contributed by atoms with Gasteiger partial charge in [0.2, 0.25) is 0 Å². The fraction of sp³-hybridized carbons (Fsp3) is 0.538. The maximum atomic E-state index is 6.85. The van der Waals surface area contributed by atoms with Crippen molar-refractivity contribution in [1.29, 1.82) is 0 Å². The molecule has 0 heterocycles. The lowest BCUT2D eigenvalue weighted by molar-refractivity contribution is 0.716. The topological polar surface area (TPSA) is 0 Å². The van der Waals surface area contributed by atoms with E-state index in [4.69, 9.17) is 11.6 Å². The summed E-state index contributed by atoms with van der Waals surface area (Å²) >= 11 is 8.77. The van der Waals surface area contributed by atoms with E-state index in [2.05, 4.69) is 30.3 Å². The molecule has 0 N–H and O–H groups in total. The van der Waals surface area contributed by atoms with Crippen LogP contribution in [0.4, 0.5) is 0 Å². The Morgan fingerprint density at radius 3 is 1.93 bits per heavy atom. The Morgan fingerprint density at radius 1 is 0.933 bits per heavy atom. The maximum absolute atomic E-state index is 6.85. The number of thioether (sulfide) groups is 1. The number of hydrogen-bond donors (Lipinski definition) is 0. The highest BCUT2D eigenvalue weighted by atomic mass is 35.5. The molecular formula is C13H13ClS. The third kappa shape index (κ3) is 0.851. The quantitative estimate of drug-likeness (QED) is 0.691. The summed E-state index contributed by atoms with van der Waals surface area (Å²) in [7, 11) is 0. The van der Waals surface area contributed by atoms with Crippen molar-refractivity contribution >= 4 is 23.4 Å². The van der Waals surface area contributed by atoms with Gasteiger partial charge in [0.1, 0.15) is 4.21 Å². The Balaban J connectivity index is 1.65. The molecule has 15 heavy (non-hydrogen) atoms. The van der Waals surface area contributed by atoms with Crippen LogP contribution in [-0.2, 0) is 0 Å². The average molecular weight is 237 g/mol. The first-order chi connectivity index (χ1) is 7.24. The van der Waals surface area contributed by atoms with Crippen molar-refractivity contribution < 1.29 is 0 Å². The van der Waals surface area contributed by atoms with E-state index in [0.717, 1.165) is 0 Å². The van der Waals surface area contributed by atoms with Crippen molar-refractivity contribution in [2.24, 2.45) is 10.8 Å². The zero-order valence-electron chi connectivity index (χ0n) is 8.50. The van der Waals surface area contributed by atoms with E-state index >= 15 is 0 Å². The summed E-state index contributed by atoms with van der Waals surface area (Å²) < 4.78 is 0.0569. The van der Waals surface area contributed by atoms with Gasteiger partial charge in [-0.2, -0.15) is 0 Å². The molecule has 0 radical (unpaired) electrons. The van der Waals surface area contributed by atoms with E-state index in [1.54, 1.807) is 0 Å². The Morgan fingerprint density at radius 2 is 1.47 bits per heavy atom. The van der Waals surface area contributed by atoms with Gasteiger partial charge < -0.3 is 0 Å². The molecule has 1 aromatic carbocycles. The predicted molar refractivity (Wildman–Crippen MR) is 64.2 cm³/mol. The van der Waals surface area contributed by atoms with Gasteiger partial charge in [0.05, 0.1) is 0 Å². The second-order valence-electron chi connectivity index (χ2n) is 5.17. The summed E-state index contributed by atoms with van der Waals surface area (Å²) in [6.45, 7) is 0. The zero-order chi connectivity index (χ0) is 10.1. The summed E-state index contributed by atoms with van der Waals surface area (Å²) in [6, 6.07) is 10.6. The standard InChI is InChI=1S/C13H13ClS/c14-13(15-10-4-2-1-3-5-10)11(6-7-11)12(13)8-9-12/h1-5H,6-9H2. The van der Waals surface area contributed by atoms with Crippen molar-refractivity contribution in [3.8, 4) is 0 Å². The van der Waals surface area contributed by atoms with Crippen LogP contribution in [0.15, 0.2) is 35.2 Å². The van der Waals surface area contributed by atoms with Gasteiger partial charge in [0.25, 0.3) is 0 Å². The van der Waals surface area contributed by atoms with E-state index in [0.29, 0.717) is 10.8 Å². The molecule has 3 aliphatic rings. The van der Waals surface area contributed by atoms with Crippen LogP contribution < -0.4 is 0 Å². The van der Waals surface area contributed by atoms with Crippen LogP contribution in [0.5, 0.6) is 0 Å². The van der Waals surface area contributed by atoms with Gasteiger partial charge in [-0.05, 0) is 37.8 Å². The van der Waals surface area contributed by atoms with Gasteiger partial charge in [-0.3, -0.25) is 0 Å². The van der Waals surface area contributed by atoms with E-state index in [-0.39, 0.29) is 4.21 Å². The molecule has 1 aromatic rings. The lowest BCUT2D eigenvalue weighted by Crippen LogP contribution is -1.97. The van der Waals surface area contributed by atoms with Gasteiger partial charge in [-0.1, -0.05) is 18.2 Å². The molecule has 0 aromatic heterocycles. The normalized spacial score (nSPS) is 30.5. The molecule has 0 saturated heterocycles. The zero-order valence-corrected chi connectivity index (χ0v) is 10.1. The largest absolute Gasteiger partial charge is 0.107 e. The molecule has 0 amide bonds. The molecule has 3 aliphatic carbocycles. The molecule has 2 heteroatoms. The molecule has 3 fully saturated rings. The molecular weight excluding hydrogens is 224 g/mol. The molecule has 78 valence electrons. The second-order valence-corrected chi connectivity index (χ2v) is 7.25. The highest BCUT2D eigenvalue weighted by Crippen LogP contribution is 2.99. The Bertz CT molecular complexity index is 399. The lowest BCUT2D eigenvalue weighted by atomic mass is 10.3. The molecule has 4 rings (SSSR count). The Hall–Kier alpha value is -0.140. The molecule has 3 saturated carbocycles. The molecule has 0 bridgehead atoms. The fourth-order valence-corrected chi connectivity index (χ4v) is 6.17. The summed E-state index contributed by atoms with van der Waals surface area (Å²) in [6.07, 6.45) is 5.49. The van der Waals surface area contributed by atoms with Gasteiger partial charge in [0, 0.05) is 15.7 Å². The van der Waals surface area contributed by atoms with Crippen molar-refractivity contribution in [1.82, 2.24) is 0 Å². The first-order valence-corrected chi connectivity index (χ1v) is 6.87. The molecule has 0 aliphatic heterocycles. The minimum atomic E-state index is 0.0569. The smallest absolute Gasteiger partial charge is 0.106 e. The first-order valence-electron chi connectivity index (χ1n) is 5.67. The Kier molecular flexibility index (Phi) is 1.44. The van der Waals surface area contributed by atoms with Gasteiger partial charge in [-0.25, -0.2) is 0 Å². The number of hydrogen-bond acceptors (Lipinski definition) is 1. The summed E-state index contributed by atoms with van der Waals surface area (Å²) in [4.78, 5) is 1.34. The number of benzene rings is 1. The lowest BCUT2D eigenvalue weighted by Gasteiger charge is -2.08. The molecule has 0 atom stereocenters. The summed E-state index contributed by atoms with van der Waals surface area (Å²) in [5.41, 5.74) is 1.09.